The first-order valence-corrected chi connectivity index (χ1v) is 12.0. The molecule has 1 N–H and O–H groups in total. The largest absolute Gasteiger partial charge is 0.479 e. The van der Waals surface area contributed by atoms with Crippen LogP contribution in [0.2, 0.25) is 10.0 Å². The van der Waals surface area contributed by atoms with Gasteiger partial charge in [0.25, 0.3) is 5.91 Å². The summed E-state index contributed by atoms with van der Waals surface area (Å²) in [6.07, 6.45) is 2.65. The molecule has 0 saturated heterocycles. The van der Waals surface area contributed by atoms with E-state index >= 15 is 0 Å². The molecule has 1 amide bonds. The van der Waals surface area contributed by atoms with Crippen LogP contribution >= 0.6 is 23.2 Å². The lowest BCUT2D eigenvalue weighted by Crippen LogP contribution is -2.30. The Kier molecular flexibility index (Phi) is 7.39. The number of nitrogens with one attached hydrogen (secondary N) is 1. The maximum absolute atomic E-state index is 12.8. The van der Waals surface area contributed by atoms with Crippen LogP contribution in [0.1, 0.15) is 37.8 Å². The van der Waals surface area contributed by atoms with Crippen LogP contribution in [0.3, 0.4) is 0 Å². The van der Waals surface area contributed by atoms with Crippen molar-refractivity contribution in [3.8, 4) is 11.4 Å². The van der Waals surface area contributed by atoms with Gasteiger partial charge in [0, 0.05) is 10.7 Å². The molecule has 0 aliphatic carbocycles. The standard InChI is InChI=1S/C26H26Cl2N4O2/c1-4-5-6-18-7-10-20(11-8-18)32-30-23-13-16(2)22(15-24(23)31-32)29-26(33)17(3)34-25-12-9-19(27)14-21(25)28/h7-15,17H,4-6H2,1-3H3,(H,29,33). The van der Waals surface area contributed by atoms with Crippen LogP contribution in [0.15, 0.2) is 54.6 Å². The summed E-state index contributed by atoms with van der Waals surface area (Å²) in [5.41, 5.74) is 5.16. The molecule has 4 aromatic rings. The minimum atomic E-state index is -0.768. The first-order valence-electron chi connectivity index (χ1n) is 11.2. The number of anilines is 1. The third-order valence-corrected chi connectivity index (χ3v) is 6.07. The van der Waals surface area contributed by atoms with Crippen molar-refractivity contribution in [2.24, 2.45) is 0 Å². The fourth-order valence-corrected chi connectivity index (χ4v) is 4.00. The maximum atomic E-state index is 12.8. The predicted octanol–water partition coefficient (Wildman–Crippen LogP) is 6.78. The van der Waals surface area contributed by atoms with E-state index in [1.54, 1.807) is 29.9 Å². The van der Waals surface area contributed by atoms with Gasteiger partial charge >= 0.3 is 0 Å². The van der Waals surface area contributed by atoms with Crippen molar-refractivity contribution in [2.45, 2.75) is 46.1 Å². The van der Waals surface area contributed by atoms with E-state index < -0.39 is 6.10 Å². The molecule has 1 atom stereocenters. The molecule has 1 heterocycles. The van der Waals surface area contributed by atoms with Crippen molar-refractivity contribution in [3.05, 3.63) is 75.8 Å². The Balaban J connectivity index is 1.49. The number of benzene rings is 3. The first kappa shape index (κ1) is 24.0. The number of fused-ring (bicyclic) bond motifs is 1. The summed E-state index contributed by atoms with van der Waals surface area (Å²) in [7, 11) is 0. The second-order valence-electron chi connectivity index (χ2n) is 8.24. The number of nitrogens with zero attached hydrogens (tertiary/aromatic N) is 3. The Morgan fingerprint density at radius 1 is 1.06 bits per heavy atom. The van der Waals surface area contributed by atoms with Crippen LogP contribution in [0.4, 0.5) is 5.69 Å². The summed E-state index contributed by atoms with van der Waals surface area (Å²) < 4.78 is 5.72. The van der Waals surface area contributed by atoms with Crippen LogP contribution in [0.25, 0.3) is 16.7 Å². The number of hydrogen-bond donors (Lipinski definition) is 1. The number of carbonyl (C=O) groups excluding carboxylic acids is 1. The second-order valence-corrected chi connectivity index (χ2v) is 9.08. The number of carbonyl (C=O) groups is 1. The number of unbranched alkanes of at least 4 members (excludes halogenated alkanes) is 1. The first-order chi connectivity index (χ1) is 16.3. The highest BCUT2D eigenvalue weighted by atomic mass is 35.5. The number of hydrogen-bond acceptors (Lipinski definition) is 4. The van der Waals surface area contributed by atoms with Gasteiger partial charge in [0.05, 0.1) is 10.7 Å². The van der Waals surface area contributed by atoms with Crippen molar-refractivity contribution >= 4 is 45.8 Å². The van der Waals surface area contributed by atoms with E-state index in [0.29, 0.717) is 27.0 Å². The topological polar surface area (TPSA) is 69.0 Å². The normalized spacial score (nSPS) is 12.0. The van der Waals surface area contributed by atoms with Crippen LogP contribution in [0.5, 0.6) is 5.75 Å². The smallest absolute Gasteiger partial charge is 0.265 e. The quantitative estimate of drug-likeness (QED) is 0.291. The molecule has 1 unspecified atom stereocenters. The molecule has 6 nitrogen and oxygen atoms in total. The van der Waals surface area contributed by atoms with Gasteiger partial charge in [0.2, 0.25) is 0 Å². The molecule has 0 bridgehead atoms. The third-order valence-electron chi connectivity index (χ3n) is 5.54. The predicted molar refractivity (Wildman–Crippen MR) is 137 cm³/mol. The van der Waals surface area contributed by atoms with Crippen molar-refractivity contribution in [3.63, 3.8) is 0 Å². The van der Waals surface area contributed by atoms with Crippen molar-refractivity contribution in [2.75, 3.05) is 5.32 Å². The van der Waals surface area contributed by atoms with Gasteiger partial charge in [-0.2, -0.15) is 4.80 Å². The van der Waals surface area contributed by atoms with Gasteiger partial charge in [0.15, 0.2) is 6.10 Å². The Hall–Kier alpha value is -3.09. The summed E-state index contributed by atoms with van der Waals surface area (Å²) in [6.45, 7) is 5.77. The minimum Gasteiger partial charge on any atom is -0.479 e. The van der Waals surface area contributed by atoms with Gasteiger partial charge in [-0.3, -0.25) is 4.79 Å². The zero-order valence-corrected chi connectivity index (χ0v) is 20.8. The van der Waals surface area contributed by atoms with E-state index in [-0.39, 0.29) is 5.91 Å². The average molecular weight is 497 g/mol. The molecule has 34 heavy (non-hydrogen) atoms. The van der Waals surface area contributed by atoms with E-state index in [0.717, 1.165) is 23.2 Å². The number of halogens is 2. The van der Waals surface area contributed by atoms with E-state index in [9.17, 15) is 4.79 Å². The highest BCUT2D eigenvalue weighted by Crippen LogP contribution is 2.29. The third kappa shape index (κ3) is 5.51. The molecule has 0 fully saturated rings. The molecule has 1 aromatic heterocycles. The van der Waals surface area contributed by atoms with Gasteiger partial charge < -0.3 is 10.1 Å². The van der Waals surface area contributed by atoms with E-state index in [1.807, 2.05) is 31.2 Å². The summed E-state index contributed by atoms with van der Waals surface area (Å²) in [4.78, 5) is 14.4. The Bertz CT molecular complexity index is 1320. The molecule has 0 saturated carbocycles. The van der Waals surface area contributed by atoms with E-state index in [2.05, 4.69) is 34.6 Å². The van der Waals surface area contributed by atoms with Crippen LogP contribution in [-0.2, 0) is 11.2 Å². The van der Waals surface area contributed by atoms with Crippen molar-refractivity contribution in [1.29, 1.82) is 0 Å². The fraction of sp³-hybridized carbons (Fsp3) is 0.269. The zero-order valence-electron chi connectivity index (χ0n) is 19.3. The Morgan fingerprint density at radius 2 is 1.76 bits per heavy atom. The molecule has 0 spiro atoms. The zero-order chi connectivity index (χ0) is 24.2. The van der Waals surface area contributed by atoms with Gasteiger partial charge in [0.1, 0.15) is 16.8 Å². The molecule has 0 radical (unpaired) electrons. The molecule has 8 heteroatoms. The van der Waals surface area contributed by atoms with Gasteiger partial charge in [-0.25, -0.2) is 0 Å². The number of ether oxygens (including phenoxy) is 1. The Morgan fingerprint density at radius 3 is 2.44 bits per heavy atom. The lowest BCUT2D eigenvalue weighted by molar-refractivity contribution is -0.122. The molecule has 0 aliphatic rings. The molecular weight excluding hydrogens is 471 g/mol. The van der Waals surface area contributed by atoms with Crippen molar-refractivity contribution in [1.82, 2.24) is 15.0 Å². The van der Waals surface area contributed by atoms with Gasteiger partial charge in [-0.15, -0.1) is 10.2 Å². The number of aryl methyl sites for hydroxylation is 2. The summed E-state index contributed by atoms with van der Waals surface area (Å²) in [6, 6.07) is 16.9. The summed E-state index contributed by atoms with van der Waals surface area (Å²) >= 11 is 12.1. The lowest BCUT2D eigenvalue weighted by Gasteiger charge is -2.16. The SMILES string of the molecule is CCCCc1ccc(-n2nc3cc(C)c(NC(=O)C(C)Oc4ccc(Cl)cc4Cl)cc3n2)cc1. The maximum Gasteiger partial charge on any atom is 0.265 e. The van der Waals surface area contributed by atoms with Gasteiger partial charge in [-0.05, 0) is 80.3 Å². The van der Waals surface area contributed by atoms with Crippen LogP contribution in [0, 0.1) is 6.92 Å². The van der Waals surface area contributed by atoms with Gasteiger partial charge in [-0.1, -0.05) is 48.7 Å². The van der Waals surface area contributed by atoms with Crippen LogP contribution in [-0.4, -0.2) is 27.0 Å². The Labute approximate surface area is 208 Å². The average Bonchev–Trinajstić information content (AvgIpc) is 3.22. The lowest BCUT2D eigenvalue weighted by atomic mass is 10.1. The number of amides is 1. The fourth-order valence-electron chi connectivity index (χ4n) is 3.54. The molecule has 0 aliphatic heterocycles. The second kappa shape index (κ2) is 10.5. The highest BCUT2D eigenvalue weighted by Gasteiger charge is 2.18. The molecule has 4 rings (SSSR count). The van der Waals surface area contributed by atoms with Crippen LogP contribution < -0.4 is 10.1 Å². The minimum absolute atomic E-state index is 0.302. The monoisotopic (exact) mass is 496 g/mol. The summed E-state index contributed by atoms with van der Waals surface area (Å²) in [5, 5.41) is 13.0. The molecule has 176 valence electrons. The van der Waals surface area contributed by atoms with Crippen molar-refractivity contribution < 1.29 is 9.53 Å². The number of rotatable bonds is 8. The number of aromatic nitrogens is 3. The highest BCUT2D eigenvalue weighted by molar-refractivity contribution is 6.35. The summed E-state index contributed by atoms with van der Waals surface area (Å²) in [5.74, 6) is 0.0908. The van der Waals surface area contributed by atoms with E-state index in [1.165, 1.54) is 18.4 Å². The molecule has 3 aromatic carbocycles. The van der Waals surface area contributed by atoms with E-state index in [4.69, 9.17) is 27.9 Å². The molecular formula is C26H26Cl2N4O2.